The van der Waals surface area contributed by atoms with Crippen molar-refractivity contribution in [3.05, 3.63) is 107 Å². The lowest BCUT2D eigenvalue weighted by molar-refractivity contribution is 0.0472. The van der Waals surface area contributed by atoms with E-state index in [0.29, 0.717) is 30.8 Å². The van der Waals surface area contributed by atoms with Gasteiger partial charge >= 0.3 is 0 Å². The first kappa shape index (κ1) is 21.1. The Balaban J connectivity index is 1.36. The number of nitrogens with zero attached hydrogens (tertiary/aromatic N) is 2. The van der Waals surface area contributed by atoms with Crippen molar-refractivity contribution in [1.29, 1.82) is 0 Å². The molecule has 0 radical (unpaired) electrons. The van der Waals surface area contributed by atoms with Crippen molar-refractivity contribution in [3.63, 3.8) is 0 Å². The fraction of sp³-hybridized carbons (Fsp3) is 0.222. The highest BCUT2D eigenvalue weighted by atomic mass is 16.5. The average Bonchev–Trinajstić information content (AvgIpc) is 3.03. The summed E-state index contributed by atoms with van der Waals surface area (Å²) >= 11 is 0. The van der Waals surface area contributed by atoms with Crippen LogP contribution < -0.4 is 0 Å². The van der Waals surface area contributed by atoms with Crippen molar-refractivity contribution >= 4 is 17.7 Å². The van der Waals surface area contributed by atoms with E-state index < -0.39 is 0 Å². The standard InChI is InChI=1S/C27H24N2O4/c30-25(28-14-7-15-33-24(18-28)20-10-5-2-6-11-20)21-12-13-22-23(16-21)27(32)29(26(22)31)17-19-8-3-1-4-9-19/h1-6,8-13,16,24H,7,14-15,17-18H2. The molecule has 0 aliphatic carbocycles. The van der Waals surface area contributed by atoms with Crippen LogP contribution in [0, 0.1) is 0 Å². The van der Waals surface area contributed by atoms with Gasteiger partial charge in [0.1, 0.15) is 6.10 Å². The topological polar surface area (TPSA) is 66.9 Å². The summed E-state index contributed by atoms with van der Waals surface area (Å²) in [7, 11) is 0. The van der Waals surface area contributed by atoms with E-state index in [9.17, 15) is 14.4 Å². The third kappa shape index (κ3) is 4.17. The molecule has 2 aliphatic heterocycles. The molecule has 3 amide bonds. The van der Waals surface area contributed by atoms with Crippen molar-refractivity contribution in [2.45, 2.75) is 19.1 Å². The summed E-state index contributed by atoms with van der Waals surface area (Å²) in [5.74, 6) is -0.856. The monoisotopic (exact) mass is 440 g/mol. The van der Waals surface area contributed by atoms with E-state index in [0.717, 1.165) is 17.5 Å². The molecule has 6 heteroatoms. The van der Waals surface area contributed by atoms with Crippen LogP contribution in [0.5, 0.6) is 0 Å². The molecule has 3 aromatic rings. The molecule has 5 rings (SSSR count). The van der Waals surface area contributed by atoms with Gasteiger partial charge in [-0.15, -0.1) is 0 Å². The van der Waals surface area contributed by atoms with E-state index in [1.165, 1.54) is 4.90 Å². The third-order valence-corrected chi connectivity index (χ3v) is 6.14. The lowest BCUT2D eigenvalue weighted by Crippen LogP contribution is -2.34. The molecule has 1 atom stereocenters. The SMILES string of the molecule is O=C(c1ccc2c(c1)C(=O)N(Cc1ccccc1)C2=O)N1CCCOC(c2ccccc2)C1. The van der Waals surface area contributed by atoms with Crippen LogP contribution in [-0.2, 0) is 11.3 Å². The first-order chi connectivity index (χ1) is 16.1. The zero-order chi connectivity index (χ0) is 22.8. The maximum atomic E-state index is 13.4. The minimum atomic E-state index is -0.366. The predicted octanol–water partition coefficient (Wildman–Crippen LogP) is 4.09. The molecule has 6 nitrogen and oxygen atoms in total. The van der Waals surface area contributed by atoms with Crippen LogP contribution in [0.15, 0.2) is 78.9 Å². The first-order valence-electron chi connectivity index (χ1n) is 11.1. The molecule has 2 aliphatic rings. The van der Waals surface area contributed by atoms with Crippen molar-refractivity contribution in [2.75, 3.05) is 19.7 Å². The molecule has 0 N–H and O–H groups in total. The highest BCUT2D eigenvalue weighted by Gasteiger charge is 2.36. The number of fused-ring (bicyclic) bond motifs is 1. The van der Waals surface area contributed by atoms with Gasteiger partial charge in [0.25, 0.3) is 17.7 Å². The lowest BCUT2D eigenvalue weighted by Gasteiger charge is -2.24. The van der Waals surface area contributed by atoms with Gasteiger partial charge < -0.3 is 9.64 Å². The van der Waals surface area contributed by atoms with Gasteiger partial charge in [0.2, 0.25) is 0 Å². The van der Waals surface area contributed by atoms with Gasteiger partial charge in [-0.25, -0.2) is 0 Å². The summed E-state index contributed by atoms with van der Waals surface area (Å²) in [5.41, 5.74) is 2.94. The van der Waals surface area contributed by atoms with Gasteiger partial charge in [-0.1, -0.05) is 60.7 Å². The zero-order valence-corrected chi connectivity index (χ0v) is 18.1. The van der Waals surface area contributed by atoms with Gasteiger partial charge in [-0.05, 0) is 35.7 Å². The molecule has 1 unspecified atom stereocenters. The number of carbonyl (C=O) groups is 3. The normalized spacial score (nSPS) is 18.2. The number of imide groups is 1. The van der Waals surface area contributed by atoms with Crippen LogP contribution in [0.2, 0.25) is 0 Å². The molecule has 1 fully saturated rings. The van der Waals surface area contributed by atoms with E-state index in [1.807, 2.05) is 60.7 Å². The van der Waals surface area contributed by atoms with Gasteiger partial charge in [0.05, 0.1) is 24.2 Å². The van der Waals surface area contributed by atoms with E-state index >= 15 is 0 Å². The summed E-state index contributed by atoms with van der Waals surface area (Å²) in [6.07, 6.45) is 0.541. The minimum Gasteiger partial charge on any atom is -0.372 e. The number of hydrogen-bond donors (Lipinski definition) is 0. The smallest absolute Gasteiger partial charge is 0.261 e. The van der Waals surface area contributed by atoms with Crippen molar-refractivity contribution in [3.8, 4) is 0 Å². The first-order valence-corrected chi connectivity index (χ1v) is 11.1. The highest BCUT2D eigenvalue weighted by molar-refractivity contribution is 6.22. The van der Waals surface area contributed by atoms with Gasteiger partial charge in [0.15, 0.2) is 0 Å². The Hall–Kier alpha value is -3.77. The summed E-state index contributed by atoms with van der Waals surface area (Å²) in [6.45, 7) is 1.80. The molecule has 0 aromatic heterocycles. The van der Waals surface area contributed by atoms with Crippen molar-refractivity contribution < 1.29 is 19.1 Å². The van der Waals surface area contributed by atoms with Gasteiger partial charge in [-0.2, -0.15) is 0 Å². The number of hydrogen-bond acceptors (Lipinski definition) is 4. The number of ether oxygens (including phenoxy) is 1. The third-order valence-electron chi connectivity index (χ3n) is 6.14. The highest BCUT2D eigenvalue weighted by Crippen LogP contribution is 2.27. The quantitative estimate of drug-likeness (QED) is 0.573. The Labute approximate surface area is 192 Å². The van der Waals surface area contributed by atoms with Crippen molar-refractivity contribution in [2.24, 2.45) is 0 Å². The summed E-state index contributed by atoms with van der Waals surface area (Å²) in [4.78, 5) is 42.2. The number of carbonyl (C=O) groups excluding carboxylic acids is 3. The number of rotatable bonds is 4. The molecule has 2 heterocycles. The van der Waals surface area contributed by atoms with Crippen molar-refractivity contribution in [1.82, 2.24) is 9.80 Å². The molecule has 166 valence electrons. The largest absolute Gasteiger partial charge is 0.372 e. The van der Waals surface area contributed by atoms with Crippen LogP contribution in [0.1, 0.15) is 54.7 Å². The van der Waals surface area contributed by atoms with E-state index in [1.54, 1.807) is 23.1 Å². The molecule has 3 aromatic carbocycles. The fourth-order valence-corrected chi connectivity index (χ4v) is 4.39. The van der Waals surface area contributed by atoms with Crippen LogP contribution in [0.4, 0.5) is 0 Å². The Bertz CT molecular complexity index is 1190. The Kier molecular flexibility index (Phi) is 5.75. The second kappa shape index (κ2) is 9.00. The lowest BCUT2D eigenvalue weighted by atomic mass is 10.0. The summed E-state index contributed by atoms with van der Waals surface area (Å²) in [6, 6.07) is 24.1. The Morgan fingerprint density at radius 1 is 0.879 bits per heavy atom. The second-order valence-electron chi connectivity index (χ2n) is 8.32. The van der Waals surface area contributed by atoms with Gasteiger partial charge in [-0.3, -0.25) is 19.3 Å². The predicted molar refractivity (Wildman–Crippen MR) is 123 cm³/mol. The zero-order valence-electron chi connectivity index (χ0n) is 18.1. The molecule has 33 heavy (non-hydrogen) atoms. The molecule has 0 bridgehead atoms. The fourth-order valence-electron chi connectivity index (χ4n) is 4.39. The van der Waals surface area contributed by atoms with Crippen LogP contribution in [0.25, 0.3) is 0 Å². The average molecular weight is 440 g/mol. The summed E-state index contributed by atoms with van der Waals surface area (Å²) < 4.78 is 5.98. The molecular formula is C27H24N2O4. The van der Waals surface area contributed by atoms with Gasteiger partial charge in [0, 0.05) is 18.7 Å². The van der Waals surface area contributed by atoms with Crippen LogP contribution in [0.3, 0.4) is 0 Å². The van der Waals surface area contributed by atoms with Crippen LogP contribution in [-0.4, -0.2) is 47.2 Å². The van der Waals surface area contributed by atoms with E-state index in [-0.39, 0.29) is 35.9 Å². The van der Waals surface area contributed by atoms with E-state index in [4.69, 9.17) is 4.74 Å². The minimum absolute atomic E-state index is 0.161. The van der Waals surface area contributed by atoms with Crippen LogP contribution >= 0.6 is 0 Å². The number of amides is 3. The van der Waals surface area contributed by atoms with E-state index in [2.05, 4.69) is 0 Å². The Morgan fingerprint density at radius 2 is 1.58 bits per heavy atom. The maximum Gasteiger partial charge on any atom is 0.261 e. The maximum absolute atomic E-state index is 13.4. The number of benzene rings is 3. The summed E-state index contributed by atoms with van der Waals surface area (Å²) in [5, 5.41) is 0. The molecule has 1 saturated heterocycles. The second-order valence-corrected chi connectivity index (χ2v) is 8.32. The Morgan fingerprint density at radius 3 is 2.33 bits per heavy atom. The molecule has 0 saturated carbocycles. The molecule has 0 spiro atoms. The molecular weight excluding hydrogens is 416 g/mol.